The van der Waals surface area contributed by atoms with Gasteiger partial charge in [0.05, 0.1) is 38.0 Å². The van der Waals surface area contributed by atoms with E-state index in [0.29, 0.717) is 29.7 Å². The van der Waals surface area contributed by atoms with Crippen LogP contribution in [0.2, 0.25) is 0 Å². The van der Waals surface area contributed by atoms with Crippen LogP contribution in [0.25, 0.3) is 0 Å². The van der Waals surface area contributed by atoms with Gasteiger partial charge in [-0.05, 0) is 60.9 Å². The third kappa shape index (κ3) is 7.57. The Morgan fingerprint density at radius 3 is 2.23 bits per heavy atom. The van der Waals surface area contributed by atoms with Crippen LogP contribution in [0.15, 0.2) is 71.6 Å². The van der Waals surface area contributed by atoms with Crippen molar-refractivity contribution < 1.29 is 32.2 Å². The minimum absolute atomic E-state index is 0.0459. The predicted molar refractivity (Wildman–Crippen MR) is 151 cm³/mol. The summed E-state index contributed by atoms with van der Waals surface area (Å²) >= 11 is 0. The fourth-order valence-corrected chi connectivity index (χ4v) is 5.36. The maximum Gasteiger partial charge on any atom is 0.264 e. The molecule has 0 saturated carbocycles. The first kappa shape index (κ1) is 29.6. The Hall–Kier alpha value is -3.92. The van der Waals surface area contributed by atoms with Crippen LogP contribution < -0.4 is 28.6 Å². The van der Waals surface area contributed by atoms with E-state index in [1.807, 2.05) is 31.2 Å². The highest BCUT2D eigenvalue weighted by Gasteiger charge is 2.28. The summed E-state index contributed by atoms with van der Waals surface area (Å²) in [7, 11) is -1.27. The number of sulfonamides is 1. The van der Waals surface area contributed by atoms with E-state index in [1.54, 1.807) is 24.3 Å². The normalized spacial score (nSPS) is 11.1. The predicted octanol–water partition coefficient (Wildman–Crippen LogP) is 4.62. The van der Waals surface area contributed by atoms with Crippen LogP contribution in [0.1, 0.15) is 32.3 Å². The molecule has 0 unspecified atom stereocenters. The number of anilines is 1. The molecule has 10 heteroatoms. The molecule has 9 nitrogen and oxygen atoms in total. The smallest absolute Gasteiger partial charge is 0.264 e. The Balaban J connectivity index is 1.79. The van der Waals surface area contributed by atoms with Gasteiger partial charge in [-0.3, -0.25) is 9.10 Å². The number of carbonyl (C=O) groups excluding carboxylic acids is 1. The monoisotopic (exact) mass is 556 g/mol. The van der Waals surface area contributed by atoms with Crippen LogP contribution >= 0.6 is 0 Å². The number of nitrogens with zero attached hydrogens (tertiary/aromatic N) is 1. The molecule has 3 aromatic rings. The molecule has 0 heterocycles. The molecule has 210 valence electrons. The summed E-state index contributed by atoms with van der Waals surface area (Å²) in [4.78, 5) is 12.9. The number of benzene rings is 3. The summed E-state index contributed by atoms with van der Waals surface area (Å²) < 4.78 is 50.4. The van der Waals surface area contributed by atoms with Crippen molar-refractivity contribution in [3.8, 4) is 23.0 Å². The quantitative estimate of drug-likeness (QED) is 0.289. The van der Waals surface area contributed by atoms with E-state index in [9.17, 15) is 13.2 Å². The number of rotatable bonds is 14. The largest absolute Gasteiger partial charge is 0.494 e. The number of ether oxygens (including phenoxy) is 4. The average Bonchev–Trinajstić information content (AvgIpc) is 2.94. The van der Waals surface area contributed by atoms with Gasteiger partial charge in [0.2, 0.25) is 5.91 Å². The summed E-state index contributed by atoms with van der Waals surface area (Å²) in [6, 6.07) is 18.6. The minimum atomic E-state index is -4.16. The Bertz CT molecular complexity index is 1340. The van der Waals surface area contributed by atoms with Crippen LogP contribution in [-0.4, -0.2) is 54.8 Å². The number of para-hydroxylation sites is 1. The molecule has 0 aliphatic carbocycles. The van der Waals surface area contributed by atoms with Crippen molar-refractivity contribution in [2.75, 3.05) is 44.8 Å². The summed E-state index contributed by atoms with van der Waals surface area (Å²) in [5.74, 6) is 1.81. The molecule has 0 radical (unpaired) electrons. The zero-order chi connectivity index (χ0) is 28.4. The zero-order valence-electron chi connectivity index (χ0n) is 23.0. The maximum atomic E-state index is 13.8. The second-order valence-electron chi connectivity index (χ2n) is 8.85. The van der Waals surface area contributed by atoms with Gasteiger partial charge in [0.15, 0.2) is 11.5 Å². The van der Waals surface area contributed by atoms with Crippen molar-refractivity contribution in [2.24, 2.45) is 0 Å². The van der Waals surface area contributed by atoms with E-state index in [2.05, 4.69) is 19.2 Å². The molecule has 0 spiro atoms. The van der Waals surface area contributed by atoms with E-state index in [1.165, 1.54) is 32.4 Å². The highest BCUT2D eigenvalue weighted by molar-refractivity contribution is 7.92. The Labute approximate surface area is 230 Å². The molecular formula is C29H36N2O7S. The number of carbonyl (C=O) groups is 1. The second kappa shape index (κ2) is 13.7. The number of hydrogen-bond donors (Lipinski definition) is 1. The van der Waals surface area contributed by atoms with Crippen molar-refractivity contribution in [2.45, 2.75) is 31.6 Å². The van der Waals surface area contributed by atoms with E-state index < -0.39 is 22.5 Å². The van der Waals surface area contributed by atoms with E-state index >= 15 is 0 Å². The van der Waals surface area contributed by atoms with Gasteiger partial charge in [0.25, 0.3) is 10.0 Å². The second-order valence-corrected chi connectivity index (χ2v) is 10.7. The standard InChI is InChI=1S/C29H36N2O7S/c1-6-37-23-13-11-22(12-14-23)31(39(33,34)24-15-16-27(35-4)28(19-24)36-5)20-29(32)30-17-18-38-26-10-8-7-9-25(26)21(2)3/h7-16,19,21H,6,17-18,20H2,1-5H3,(H,30,32). The number of hydrogen-bond acceptors (Lipinski definition) is 7. The fourth-order valence-electron chi connectivity index (χ4n) is 3.92. The molecule has 0 atom stereocenters. The van der Waals surface area contributed by atoms with Crippen molar-refractivity contribution in [1.29, 1.82) is 0 Å². The lowest BCUT2D eigenvalue weighted by atomic mass is 10.0. The van der Waals surface area contributed by atoms with Gasteiger partial charge in [-0.1, -0.05) is 32.0 Å². The summed E-state index contributed by atoms with van der Waals surface area (Å²) in [5, 5.41) is 2.76. The number of nitrogens with one attached hydrogen (secondary N) is 1. The molecule has 1 N–H and O–H groups in total. The highest BCUT2D eigenvalue weighted by Crippen LogP contribution is 2.32. The third-order valence-corrected chi connectivity index (χ3v) is 7.66. The molecule has 0 saturated heterocycles. The van der Waals surface area contributed by atoms with E-state index in [0.717, 1.165) is 15.6 Å². The number of methoxy groups -OCH3 is 2. The van der Waals surface area contributed by atoms with Gasteiger partial charge in [-0.25, -0.2) is 8.42 Å². The fraction of sp³-hybridized carbons (Fsp3) is 0.345. The first-order chi connectivity index (χ1) is 18.7. The van der Waals surface area contributed by atoms with Crippen LogP contribution in [-0.2, 0) is 14.8 Å². The Morgan fingerprint density at radius 1 is 0.897 bits per heavy atom. The third-order valence-electron chi connectivity index (χ3n) is 5.89. The summed E-state index contributed by atoms with van der Waals surface area (Å²) in [5.41, 5.74) is 1.39. The van der Waals surface area contributed by atoms with E-state index in [4.69, 9.17) is 18.9 Å². The molecular weight excluding hydrogens is 520 g/mol. The van der Waals surface area contributed by atoms with Gasteiger partial charge >= 0.3 is 0 Å². The van der Waals surface area contributed by atoms with Gasteiger partial charge in [-0.2, -0.15) is 0 Å². The first-order valence-electron chi connectivity index (χ1n) is 12.7. The molecule has 1 amide bonds. The maximum absolute atomic E-state index is 13.8. The molecule has 0 aliphatic heterocycles. The van der Waals surface area contributed by atoms with Crippen molar-refractivity contribution in [1.82, 2.24) is 5.32 Å². The van der Waals surface area contributed by atoms with Crippen LogP contribution in [0.3, 0.4) is 0 Å². The lowest BCUT2D eigenvalue weighted by Gasteiger charge is -2.25. The van der Waals surface area contributed by atoms with Crippen LogP contribution in [0.4, 0.5) is 5.69 Å². The summed E-state index contributed by atoms with van der Waals surface area (Å²) in [6.07, 6.45) is 0. The van der Waals surface area contributed by atoms with Crippen LogP contribution in [0, 0.1) is 0 Å². The molecule has 3 rings (SSSR count). The van der Waals surface area contributed by atoms with Gasteiger partial charge in [0.1, 0.15) is 24.7 Å². The zero-order valence-corrected chi connectivity index (χ0v) is 23.8. The van der Waals surface area contributed by atoms with Crippen LogP contribution in [0.5, 0.6) is 23.0 Å². The summed E-state index contributed by atoms with van der Waals surface area (Å²) in [6.45, 7) is 6.50. The van der Waals surface area contributed by atoms with Crippen molar-refractivity contribution >= 4 is 21.6 Å². The average molecular weight is 557 g/mol. The topological polar surface area (TPSA) is 103 Å². The Kier molecular flexibility index (Phi) is 10.4. The molecule has 39 heavy (non-hydrogen) atoms. The van der Waals surface area contributed by atoms with Crippen molar-refractivity contribution in [3.05, 3.63) is 72.3 Å². The highest BCUT2D eigenvalue weighted by atomic mass is 32.2. The molecule has 0 fully saturated rings. The molecule has 0 aliphatic rings. The van der Waals surface area contributed by atoms with Gasteiger partial charge in [0, 0.05) is 6.07 Å². The lowest BCUT2D eigenvalue weighted by molar-refractivity contribution is -0.119. The van der Waals surface area contributed by atoms with Gasteiger partial charge in [-0.15, -0.1) is 0 Å². The molecule has 0 bridgehead atoms. The molecule has 0 aromatic heterocycles. The number of amides is 1. The van der Waals surface area contributed by atoms with Gasteiger partial charge < -0.3 is 24.3 Å². The first-order valence-corrected chi connectivity index (χ1v) is 14.1. The molecule has 3 aromatic carbocycles. The lowest BCUT2D eigenvalue weighted by Crippen LogP contribution is -2.42. The SMILES string of the molecule is CCOc1ccc(N(CC(=O)NCCOc2ccccc2C(C)C)S(=O)(=O)c2ccc(OC)c(OC)c2)cc1. The Morgan fingerprint density at radius 2 is 1.59 bits per heavy atom. The van der Waals surface area contributed by atoms with E-state index in [-0.39, 0.29) is 23.8 Å². The minimum Gasteiger partial charge on any atom is -0.494 e. The van der Waals surface area contributed by atoms with Crippen molar-refractivity contribution in [3.63, 3.8) is 0 Å².